The molecule has 1 aliphatic rings. The molecular weight excluding hydrogens is 344 g/mol. The molecule has 0 radical (unpaired) electrons. The lowest BCUT2D eigenvalue weighted by molar-refractivity contribution is 0.391. The molecule has 1 aromatic heterocycles. The van der Waals surface area contributed by atoms with Crippen LogP contribution in [0.3, 0.4) is 0 Å². The zero-order valence-electron chi connectivity index (χ0n) is 13.2. The van der Waals surface area contributed by atoms with Crippen molar-refractivity contribution in [3.05, 3.63) is 64.3 Å². The Morgan fingerprint density at radius 3 is 2.79 bits per heavy atom. The molecule has 0 spiro atoms. The van der Waals surface area contributed by atoms with E-state index in [1.807, 2.05) is 0 Å². The number of aromatic nitrogens is 1. The average Bonchev–Trinajstić information content (AvgIpc) is 2.91. The number of H-pyrrole nitrogens is 1. The van der Waals surface area contributed by atoms with Crippen molar-refractivity contribution < 1.29 is 8.42 Å². The van der Waals surface area contributed by atoms with Gasteiger partial charge in [0.2, 0.25) is 10.0 Å². The Bertz CT molecular complexity index is 1040. The van der Waals surface area contributed by atoms with Gasteiger partial charge in [-0.05, 0) is 42.3 Å². The quantitative estimate of drug-likeness (QED) is 0.754. The number of nitrogens with zero attached hydrogens (tertiary/aromatic N) is 1. The Balaban J connectivity index is 1.75. The van der Waals surface area contributed by atoms with Crippen molar-refractivity contribution in [2.24, 2.45) is 0 Å². The molecule has 2 aromatic carbocycles. The van der Waals surface area contributed by atoms with Crippen LogP contribution in [0.15, 0.2) is 47.4 Å². The molecule has 0 aliphatic carbocycles. The van der Waals surface area contributed by atoms with E-state index >= 15 is 0 Å². The van der Waals surface area contributed by atoms with E-state index in [1.165, 1.54) is 15.9 Å². The summed E-state index contributed by atoms with van der Waals surface area (Å²) >= 11 is 5.96. The van der Waals surface area contributed by atoms with Gasteiger partial charge in [-0.1, -0.05) is 29.8 Å². The Morgan fingerprint density at radius 1 is 1.17 bits per heavy atom. The van der Waals surface area contributed by atoms with Gasteiger partial charge in [-0.3, -0.25) is 0 Å². The van der Waals surface area contributed by atoms with Gasteiger partial charge in [0.15, 0.2) is 0 Å². The third-order valence-corrected chi connectivity index (χ3v) is 6.61. The van der Waals surface area contributed by atoms with Gasteiger partial charge in [0.05, 0.1) is 4.90 Å². The molecule has 24 heavy (non-hydrogen) atoms. The highest BCUT2D eigenvalue weighted by molar-refractivity contribution is 7.89. The summed E-state index contributed by atoms with van der Waals surface area (Å²) in [6.45, 7) is 2.90. The fourth-order valence-electron chi connectivity index (χ4n) is 3.29. The molecule has 1 N–H and O–H groups in total. The molecule has 0 amide bonds. The second kappa shape index (κ2) is 5.62. The normalized spacial score (nSPS) is 15.6. The zero-order valence-corrected chi connectivity index (χ0v) is 14.8. The van der Waals surface area contributed by atoms with Crippen LogP contribution < -0.4 is 0 Å². The number of aromatic amines is 1. The summed E-state index contributed by atoms with van der Waals surface area (Å²) in [5.41, 5.74) is 4.46. The van der Waals surface area contributed by atoms with E-state index in [-0.39, 0.29) is 4.90 Å². The molecule has 124 valence electrons. The number of aryl methyl sites for hydroxylation is 1. The first-order valence-corrected chi connectivity index (χ1v) is 9.63. The Morgan fingerprint density at radius 2 is 2.00 bits per heavy atom. The van der Waals surface area contributed by atoms with Crippen molar-refractivity contribution in [3.63, 3.8) is 0 Å². The van der Waals surface area contributed by atoms with Crippen molar-refractivity contribution in [1.29, 1.82) is 0 Å². The van der Waals surface area contributed by atoms with Gasteiger partial charge in [0.25, 0.3) is 0 Å². The lowest BCUT2D eigenvalue weighted by Gasteiger charge is -2.26. The molecule has 4 nitrogen and oxygen atoms in total. The number of nitrogens with one attached hydrogen (secondary N) is 1. The van der Waals surface area contributed by atoms with Crippen LogP contribution in [-0.4, -0.2) is 24.3 Å². The first-order valence-electron chi connectivity index (χ1n) is 7.81. The van der Waals surface area contributed by atoms with Crippen LogP contribution in [0.1, 0.15) is 16.8 Å². The maximum atomic E-state index is 12.9. The first kappa shape index (κ1) is 15.7. The van der Waals surface area contributed by atoms with Gasteiger partial charge >= 0.3 is 0 Å². The number of hydrogen-bond acceptors (Lipinski definition) is 2. The largest absolute Gasteiger partial charge is 0.358 e. The van der Waals surface area contributed by atoms with E-state index in [1.54, 1.807) is 18.2 Å². The van der Waals surface area contributed by atoms with Crippen molar-refractivity contribution in [2.45, 2.75) is 24.8 Å². The minimum absolute atomic E-state index is 0.245. The lowest BCUT2D eigenvalue weighted by atomic mass is 10.1. The summed E-state index contributed by atoms with van der Waals surface area (Å²) < 4.78 is 27.4. The van der Waals surface area contributed by atoms with Crippen LogP contribution in [0.2, 0.25) is 5.02 Å². The summed E-state index contributed by atoms with van der Waals surface area (Å²) in [5.74, 6) is 0. The standard InChI is InChI=1S/C18H17ClN2O2S/c1-12-5-6-15-16-11-21(8-7-17(16)20-18(15)9-12)24(22,23)14-4-2-3-13(19)10-14/h2-6,9-10,20H,7-8,11H2,1H3. The summed E-state index contributed by atoms with van der Waals surface area (Å²) in [4.78, 5) is 3.68. The highest BCUT2D eigenvalue weighted by Gasteiger charge is 2.30. The molecule has 1 aliphatic heterocycles. The summed E-state index contributed by atoms with van der Waals surface area (Å²) in [6, 6.07) is 12.7. The number of benzene rings is 2. The molecule has 0 unspecified atom stereocenters. The van der Waals surface area contributed by atoms with Gasteiger partial charge in [0, 0.05) is 41.1 Å². The third-order valence-electron chi connectivity index (χ3n) is 4.53. The van der Waals surface area contributed by atoms with Gasteiger partial charge in [-0.15, -0.1) is 0 Å². The minimum atomic E-state index is -3.55. The fourth-order valence-corrected chi connectivity index (χ4v) is 5.00. The maximum absolute atomic E-state index is 12.9. The number of halogens is 1. The van der Waals surface area contributed by atoms with E-state index in [0.717, 1.165) is 22.2 Å². The van der Waals surface area contributed by atoms with Gasteiger partial charge in [-0.2, -0.15) is 4.31 Å². The van der Waals surface area contributed by atoms with Crippen molar-refractivity contribution in [1.82, 2.24) is 9.29 Å². The van der Waals surface area contributed by atoms with E-state index in [2.05, 4.69) is 30.1 Å². The van der Waals surface area contributed by atoms with E-state index in [9.17, 15) is 8.42 Å². The van der Waals surface area contributed by atoms with Crippen LogP contribution in [0.25, 0.3) is 10.9 Å². The second-order valence-electron chi connectivity index (χ2n) is 6.18. The van der Waals surface area contributed by atoms with Crippen molar-refractivity contribution >= 4 is 32.5 Å². The number of rotatable bonds is 2. The highest BCUT2D eigenvalue weighted by Crippen LogP contribution is 2.31. The monoisotopic (exact) mass is 360 g/mol. The van der Waals surface area contributed by atoms with Crippen molar-refractivity contribution in [3.8, 4) is 0 Å². The van der Waals surface area contributed by atoms with Gasteiger partial charge < -0.3 is 4.98 Å². The molecular formula is C18H17ClN2O2S. The number of fused-ring (bicyclic) bond motifs is 3. The Labute approximate surface area is 146 Å². The third kappa shape index (κ3) is 2.53. The van der Waals surface area contributed by atoms with Crippen LogP contribution in [0, 0.1) is 6.92 Å². The van der Waals surface area contributed by atoms with Crippen molar-refractivity contribution in [2.75, 3.05) is 6.54 Å². The van der Waals surface area contributed by atoms with Crippen LogP contribution in [0.4, 0.5) is 0 Å². The van der Waals surface area contributed by atoms with E-state index in [4.69, 9.17) is 11.6 Å². The van der Waals surface area contributed by atoms with E-state index < -0.39 is 10.0 Å². The molecule has 0 saturated carbocycles. The predicted octanol–water partition coefficient (Wildman–Crippen LogP) is 3.88. The van der Waals surface area contributed by atoms with Crippen LogP contribution in [0.5, 0.6) is 0 Å². The SMILES string of the molecule is Cc1ccc2c3c([nH]c2c1)CCN(S(=O)(=O)c1cccc(Cl)c1)C3. The molecule has 2 heterocycles. The first-order chi connectivity index (χ1) is 11.4. The zero-order chi connectivity index (χ0) is 16.9. The molecule has 0 atom stereocenters. The molecule has 0 bridgehead atoms. The maximum Gasteiger partial charge on any atom is 0.243 e. The van der Waals surface area contributed by atoms with Gasteiger partial charge in [-0.25, -0.2) is 8.42 Å². The predicted molar refractivity (Wildman–Crippen MR) is 95.8 cm³/mol. The molecule has 0 fully saturated rings. The minimum Gasteiger partial charge on any atom is -0.358 e. The average molecular weight is 361 g/mol. The Hall–Kier alpha value is -1.82. The van der Waals surface area contributed by atoms with Crippen LogP contribution in [-0.2, 0) is 23.0 Å². The summed E-state index contributed by atoms with van der Waals surface area (Å²) in [6.07, 6.45) is 0.683. The summed E-state index contributed by atoms with van der Waals surface area (Å²) in [5, 5.41) is 1.53. The molecule has 4 rings (SSSR count). The smallest absolute Gasteiger partial charge is 0.243 e. The number of hydrogen-bond donors (Lipinski definition) is 1. The Kier molecular flexibility index (Phi) is 3.67. The van der Waals surface area contributed by atoms with Crippen LogP contribution >= 0.6 is 11.6 Å². The van der Waals surface area contributed by atoms with E-state index in [0.29, 0.717) is 24.5 Å². The second-order valence-corrected chi connectivity index (χ2v) is 8.55. The fraction of sp³-hybridized carbons (Fsp3) is 0.222. The highest BCUT2D eigenvalue weighted by atomic mass is 35.5. The topological polar surface area (TPSA) is 53.2 Å². The molecule has 6 heteroatoms. The van der Waals surface area contributed by atoms with Gasteiger partial charge in [0.1, 0.15) is 0 Å². The lowest BCUT2D eigenvalue weighted by Crippen LogP contribution is -2.35. The molecule has 0 saturated heterocycles. The number of sulfonamides is 1. The molecule has 3 aromatic rings. The summed E-state index contributed by atoms with van der Waals surface area (Å²) in [7, 11) is -3.55.